The van der Waals surface area contributed by atoms with E-state index in [-0.39, 0.29) is 22.8 Å². The second-order valence-electron chi connectivity index (χ2n) is 6.38. The van der Waals surface area contributed by atoms with Gasteiger partial charge in [-0.3, -0.25) is 4.72 Å². The Kier molecular flexibility index (Phi) is 6.52. The molecule has 2 N–H and O–H groups in total. The molecule has 7 nitrogen and oxygen atoms in total. The molecule has 158 valence electrons. The van der Waals surface area contributed by atoms with E-state index in [4.69, 9.17) is 9.47 Å². The monoisotopic (exact) mass is 492 g/mol. The van der Waals surface area contributed by atoms with Gasteiger partial charge in [0, 0.05) is 15.7 Å². The van der Waals surface area contributed by atoms with Crippen LogP contribution in [0, 0.1) is 6.92 Å². The minimum absolute atomic E-state index is 0.0695. The highest BCUT2D eigenvalue weighted by Gasteiger charge is 2.27. The second-order valence-corrected chi connectivity index (χ2v) is 8.98. The summed E-state index contributed by atoms with van der Waals surface area (Å²) in [5, 5.41) is 0. The van der Waals surface area contributed by atoms with Gasteiger partial charge in [0.25, 0.3) is 10.0 Å². The lowest BCUT2D eigenvalue weighted by molar-refractivity contribution is 0.0527. The number of halogens is 1. The molecule has 0 fully saturated rings. The van der Waals surface area contributed by atoms with Gasteiger partial charge in [-0.05, 0) is 62.4 Å². The molecule has 0 amide bonds. The summed E-state index contributed by atoms with van der Waals surface area (Å²) >= 11 is 3.29. The number of aromatic amines is 1. The standard InChI is InChI=1S/C21H21BrN2O5S/c1-4-29-21(25)18-13(2)23-19(14-5-9-16(28-3)10-6-14)20(18)24-30(26,27)17-11-7-15(22)8-12-17/h5-12,23-24H,4H2,1-3H3. The number of hydrogen-bond donors (Lipinski definition) is 2. The zero-order valence-corrected chi connectivity index (χ0v) is 19.1. The second kappa shape index (κ2) is 8.93. The summed E-state index contributed by atoms with van der Waals surface area (Å²) in [6, 6.07) is 13.3. The Morgan fingerprint density at radius 2 is 1.73 bits per heavy atom. The van der Waals surface area contributed by atoms with Crippen LogP contribution in [0.4, 0.5) is 5.69 Å². The smallest absolute Gasteiger partial charge is 0.342 e. The van der Waals surface area contributed by atoms with E-state index in [1.165, 1.54) is 12.1 Å². The summed E-state index contributed by atoms with van der Waals surface area (Å²) in [6.07, 6.45) is 0. The van der Waals surface area contributed by atoms with E-state index in [0.29, 0.717) is 22.7 Å². The Balaban J connectivity index is 2.13. The van der Waals surface area contributed by atoms with E-state index in [1.54, 1.807) is 57.4 Å². The van der Waals surface area contributed by atoms with Gasteiger partial charge in [-0.15, -0.1) is 0 Å². The molecule has 30 heavy (non-hydrogen) atoms. The van der Waals surface area contributed by atoms with Crippen LogP contribution >= 0.6 is 15.9 Å². The summed E-state index contributed by atoms with van der Waals surface area (Å²) in [5.74, 6) is 0.0455. The first-order valence-corrected chi connectivity index (χ1v) is 11.4. The normalized spacial score (nSPS) is 11.2. The van der Waals surface area contributed by atoms with E-state index in [0.717, 1.165) is 4.47 Å². The number of sulfonamides is 1. The average Bonchev–Trinajstić information content (AvgIpc) is 3.03. The number of aryl methyl sites for hydroxylation is 1. The highest BCUT2D eigenvalue weighted by Crippen LogP contribution is 2.36. The molecule has 0 spiro atoms. The molecular formula is C21H21BrN2O5S. The van der Waals surface area contributed by atoms with Crippen molar-refractivity contribution in [2.75, 3.05) is 18.4 Å². The molecule has 0 atom stereocenters. The van der Waals surface area contributed by atoms with E-state index < -0.39 is 16.0 Å². The molecule has 1 aromatic heterocycles. The van der Waals surface area contributed by atoms with E-state index >= 15 is 0 Å². The predicted octanol–water partition coefficient (Wildman–Crippen LogP) is 4.74. The summed E-state index contributed by atoms with van der Waals surface area (Å²) in [7, 11) is -2.39. The highest BCUT2D eigenvalue weighted by atomic mass is 79.9. The van der Waals surface area contributed by atoms with Crippen LogP contribution in [0.15, 0.2) is 57.9 Å². The third kappa shape index (κ3) is 4.52. The minimum atomic E-state index is -3.95. The number of nitrogens with one attached hydrogen (secondary N) is 2. The fourth-order valence-corrected chi connectivity index (χ4v) is 4.32. The van der Waals surface area contributed by atoms with Crippen molar-refractivity contribution in [1.29, 1.82) is 0 Å². The van der Waals surface area contributed by atoms with Crippen molar-refractivity contribution >= 4 is 37.6 Å². The number of carbonyl (C=O) groups excluding carboxylic acids is 1. The van der Waals surface area contributed by atoms with Crippen LogP contribution in [0.3, 0.4) is 0 Å². The van der Waals surface area contributed by atoms with Crippen LogP contribution in [0.1, 0.15) is 23.0 Å². The van der Waals surface area contributed by atoms with Crippen LogP contribution < -0.4 is 9.46 Å². The number of methoxy groups -OCH3 is 1. The summed E-state index contributed by atoms with van der Waals surface area (Å²) < 4.78 is 39.7. The van der Waals surface area contributed by atoms with Crippen molar-refractivity contribution in [3.05, 3.63) is 64.3 Å². The van der Waals surface area contributed by atoms with Crippen LogP contribution in [-0.4, -0.2) is 33.1 Å². The maximum atomic E-state index is 13.0. The largest absolute Gasteiger partial charge is 0.497 e. The summed E-state index contributed by atoms with van der Waals surface area (Å²) in [5.41, 5.74) is 1.91. The molecule has 0 aliphatic rings. The molecule has 1 heterocycles. The Bertz CT molecular complexity index is 1150. The summed E-state index contributed by atoms with van der Waals surface area (Å²) in [4.78, 5) is 15.8. The number of aromatic nitrogens is 1. The topological polar surface area (TPSA) is 97.5 Å². The predicted molar refractivity (Wildman–Crippen MR) is 118 cm³/mol. The number of ether oxygens (including phenoxy) is 2. The third-order valence-corrected chi connectivity index (χ3v) is 6.30. The fourth-order valence-electron chi connectivity index (χ4n) is 2.97. The molecular weight excluding hydrogens is 472 g/mol. The molecule has 0 bridgehead atoms. The lowest BCUT2D eigenvalue weighted by Gasteiger charge is -2.12. The molecule has 0 saturated carbocycles. The number of esters is 1. The lowest BCUT2D eigenvalue weighted by atomic mass is 10.1. The molecule has 0 unspecified atom stereocenters. The lowest BCUT2D eigenvalue weighted by Crippen LogP contribution is -2.16. The van der Waals surface area contributed by atoms with Gasteiger partial charge in [-0.25, -0.2) is 13.2 Å². The van der Waals surface area contributed by atoms with Crippen LogP contribution in [-0.2, 0) is 14.8 Å². The number of H-pyrrole nitrogens is 1. The molecule has 9 heteroatoms. The number of anilines is 1. The Labute approximate surface area is 183 Å². The Morgan fingerprint density at radius 1 is 1.10 bits per heavy atom. The molecule has 0 aliphatic heterocycles. The maximum absolute atomic E-state index is 13.0. The molecule has 0 radical (unpaired) electrons. The SMILES string of the molecule is CCOC(=O)c1c(C)[nH]c(-c2ccc(OC)cc2)c1NS(=O)(=O)c1ccc(Br)cc1. The summed E-state index contributed by atoms with van der Waals surface area (Å²) in [6.45, 7) is 3.55. The van der Waals surface area contributed by atoms with Gasteiger partial charge in [0.2, 0.25) is 0 Å². The van der Waals surface area contributed by atoms with E-state index in [9.17, 15) is 13.2 Å². The van der Waals surface area contributed by atoms with Gasteiger partial charge in [0.1, 0.15) is 11.3 Å². The third-order valence-electron chi connectivity index (χ3n) is 4.41. The molecule has 3 rings (SSSR count). The highest BCUT2D eigenvalue weighted by molar-refractivity contribution is 9.10. The van der Waals surface area contributed by atoms with Crippen molar-refractivity contribution < 1.29 is 22.7 Å². The van der Waals surface area contributed by atoms with E-state index in [1.807, 2.05) is 0 Å². The van der Waals surface area contributed by atoms with Crippen molar-refractivity contribution in [2.24, 2.45) is 0 Å². The van der Waals surface area contributed by atoms with Crippen molar-refractivity contribution in [3.63, 3.8) is 0 Å². The Hall–Kier alpha value is -2.78. The first-order valence-electron chi connectivity index (χ1n) is 9.09. The van der Waals surface area contributed by atoms with Crippen molar-refractivity contribution in [1.82, 2.24) is 4.98 Å². The maximum Gasteiger partial charge on any atom is 0.342 e. The minimum Gasteiger partial charge on any atom is -0.497 e. The van der Waals surface area contributed by atoms with Gasteiger partial charge in [-0.2, -0.15) is 0 Å². The van der Waals surface area contributed by atoms with Crippen LogP contribution in [0.25, 0.3) is 11.3 Å². The van der Waals surface area contributed by atoms with Crippen LogP contribution in [0.5, 0.6) is 5.75 Å². The molecule has 3 aromatic rings. The molecule has 2 aromatic carbocycles. The van der Waals surface area contributed by atoms with Gasteiger partial charge in [-0.1, -0.05) is 15.9 Å². The quantitative estimate of drug-likeness (QED) is 0.464. The van der Waals surface area contributed by atoms with Crippen molar-refractivity contribution in [2.45, 2.75) is 18.7 Å². The fraction of sp³-hybridized carbons (Fsp3) is 0.190. The van der Waals surface area contributed by atoms with Crippen LogP contribution in [0.2, 0.25) is 0 Å². The zero-order chi connectivity index (χ0) is 21.9. The first-order chi connectivity index (χ1) is 14.3. The van der Waals surface area contributed by atoms with Gasteiger partial charge < -0.3 is 14.5 Å². The number of benzene rings is 2. The molecule has 0 saturated heterocycles. The zero-order valence-electron chi connectivity index (χ0n) is 16.7. The Morgan fingerprint density at radius 3 is 2.30 bits per heavy atom. The van der Waals surface area contributed by atoms with Gasteiger partial charge >= 0.3 is 5.97 Å². The average molecular weight is 493 g/mol. The first kappa shape index (κ1) is 21.9. The number of hydrogen-bond acceptors (Lipinski definition) is 5. The van der Waals surface area contributed by atoms with Crippen molar-refractivity contribution in [3.8, 4) is 17.0 Å². The van der Waals surface area contributed by atoms with E-state index in [2.05, 4.69) is 25.6 Å². The molecule has 0 aliphatic carbocycles. The van der Waals surface area contributed by atoms with Gasteiger partial charge in [0.05, 0.1) is 30.0 Å². The number of rotatable bonds is 7. The number of carbonyl (C=O) groups is 1. The van der Waals surface area contributed by atoms with Gasteiger partial charge in [0.15, 0.2) is 0 Å².